The van der Waals surface area contributed by atoms with Crippen molar-refractivity contribution in [3.05, 3.63) is 58.0 Å². The monoisotopic (exact) mass is 368 g/mol. The first-order valence-electron chi connectivity index (χ1n) is 8.66. The molecule has 0 amide bonds. The second-order valence-electron chi connectivity index (χ2n) is 6.85. The molecule has 4 rings (SSSR count). The highest BCUT2D eigenvalue weighted by molar-refractivity contribution is 7.19. The number of aryl methyl sites for hydroxylation is 1. The fourth-order valence-corrected chi connectivity index (χ4v) is 4.47. The second kappa shape index (κ2) is 7.63. The molecule has 0 saturated heterocycles. The molecule has 2 aromatic heterocycles. The van der Waals surface area contributed by atoms with E-state index in [0.717, 1.165) is 11.0 Å². The Morgan fingerprint density at radius 2 is 1.28 bits per heavy atom. The van der Waals surface area contributed by atoms with Crippen LogP contribution in [0.4, 0.5) is 0 Å². The zero-order chi connectivity index (χ0) is 18.0. The van der Waals surface area contributed by atoms with E-state index in [4.69, 9.17) is 0 Å². The molecule has 0 fully saturated rings. The van der Waals surface area contributed by atoms with Crippen molar-refractivity contribution in [2.24, 2.45) is 0 Å². The Labute approximate surface area is 157 Å². The minimum atomic E-state index is 0.540. The van der Waals surface area contributed by atoms with Crippen LogP contribution in [0.5, 0.6) is 0 Å². The van der Waals surface area contributed by atoms with Gasteiger partial charge in [0.15, 0.2) is 0 Å². The van der Waals surface area contributed by atoms with E-state index in [0.29, 0.717) is 11.8 Å². The fourth-order valence-electron chi connectivity index (χ4n) is 2.43. The summed E-state index contributed by atoms with van der Waals surface area (Å²) in [5, 5.41) is 2.47. The zero-order valence-corrected chi connectivity index (χ0v) is 17.0. The van der Waals surface area contributed by atoms with Crippen LogP contribution in [0.25, 0.3) is 20.4 Å². The molecule has 4 aromatic rings. The van der Waals surface area contributed by atoms with Crippen molar-refractivity contribution in [2.45, 2.75) is 46.5 Å². The number of hydrogen-bond donors (Lipinski definition) is 0. The number of thiazole rings is 2. The van der Waals surface area contributed by atoms with E-state index in [9.17, 15) is 0 Å². The molecule has 2 aromatic carbocycles. The SMILES string of the molecule is CC(C)c1nc2ccccc2s1.Cc1ccc2nc(C(C)C)sc2c1. The van der Waals surface area contributed by atoms with Crippen LogP contribution in [0.2, 0.25) is 0 Å². The standard InChI is InChI=1S/C11H13NS.C10H11NS/c1-7(2)11-12-9-5-4-8(3)6-10(9)13-11;1-7(2)10-11-8-5-3-4-6-9(8)12-10/h4-7H,1-3H3;3-7H,1-2H3. The predicted octanol–water partition coefficient (Wildman–Crippen LogP) is 7.15. The summed E-state index contributed by atoms with van der Waals surface area (Å²) in [6, 6.07) is 14.7. The van der Waals surface area contributed by atoms with Gasteiger partial charge in [-0.2, -0.15) is 0 Å². The Balaban J connectivity index is 0.000000146. The molecule has 4 heteroatoms. The lowest BCUT2D eigenvalue weighted by atomic mass is 10.2. The third-order valence-electron chi connectivity index (χ3n) is 3.86. The summed E-state index contributed by atoms with van der Waals surface area (Å²) in [5.74, 6) is 1.08. The lowest BCUT2D eigenvalue weighted by Gasteiger charge is -1.94. The summed E-state index contributed by atoms with van der Waals surface area (Å²) < 4.78 is 2.60. The van der Waals surface area contributed by atoms with Crippen molar-refractivity contribution < 1.29 is 0 Å². The minimum Gasteiger partial charge on any atom is -0.241 e. The van der Waals surface area contributed by atoms with Crippen LogP contribution < -0.4 is 0 Å². The molecule has 0 atom stereocenters. The Bertz CT molecular complexity index is 947. The molecule has 130 valence electrons. The van der Waals surface area contributed by atoms with Gasteiger partial charge < -0.3 is 0 Å². The molecule has 0 N–H and O–H groups in total. The van der Waals surface area contributed by atoms with E-state index >= 15 is 0 Å². The zero-order valence-electron chi connectivity index (χ0n) is 15.4. The fraction of sp³-hybridized carbons (Fsp3) is 0.333. The maximum absolute atomic E-state index is 4.57. The number of fused-ring (bicyclic) bond motifs is 2. The number of benzene rings is 2. The van der Waals surface area contributed by atoms with Crippen LogP contribution in [0.15, 0.2) is 42.5 Å². The van der Waals surface area contributed by atoms with Gasteiger partial charge >= 0.3 is 0 Å². The smallest absolute Gasteiger partial charge is 0.0963 e. The van der Waals surface area contributed by atoms with E-state index in [1.165, 1.54) is 25.0 Å². The molecule has 0 aliphatic rings. The van der Waals surface area contributed by atoms with Crippen molar-refractivity contribution in [3.63, 3.8) is 0 Å². The number of rotatable bonds is 2. The van der Waals surface area contributed by atoms with Crippen molar-refractivity contribution >= 4 is 43.1 Å². The quantitative estimate of drug-likeness (QED) is 0.375. The Hall–Kier alpha value is -1.78. The van der Waals surface area contributed by atoms with Crippen LogP contribution in [0, 0.1) is 6.92 Å². The number of aromatic nitrogens is 2. The van der Waals surface area contributed by atoms with Crippen molar-refractivity contribution in [1.29, 1.82) is 0 Å². The average molecular weight is 369 g/mol. The molecule has 0 aliphatic heterocycles. The number of hydrogen-bond acceptors (Lipinski definition) is 4. The van der Waals surface area contributed by atoms with E-state index in [1.54, 1.807) is 11.3 Å². The lowest BCUT2D eigenvalue weighted by Crippen LogP contribution is -1.82. The molecular formula is C21H24N2S2. The summed E-state index contributed by atoms with van der Waals surface area (Å²) >= 11 is 3.60. The van der Waals surface area contributed by atoms with Crippen LogP contribution in [0.3, 0.4) is 0 Å². The first-order chi connectivity index (χ1) is 11.9. The molecule has 25 heavy (non-hydrogen) atoms. The van der Waals surface area contributed by atoms with Crippen LogP contribution in [0.1, 0.15) is 55.1 Å². The summed E-state index contributed by atoms with van der Waals surface area (Å²) in [5.41, 5.74) is 3.58. The highest BCUT2D eigenvalue weighted by atomic mass is 32.1. The predicted molar refractivity (Wildman–Crippen MR) is 112 cm³/mol. The minimum absolute atomic E-state index is 0.540. The molecule has 2 nitrogen and oxygen atoms in total. The van der Waals surface area contributed by atoms with Gasteiger partial charge in [-0.1, -0.05) is 45.9 Å². The highest BCUT2D eigenvalue weighted by Gasteiger charge is 2.07. The molecule has 0 bridgehead atoms. The van der Waals surface area contributed by atoms with Crippen molar-refractivity contribution in [3.8, 4) is 0 Å². The van der Waals surface area contributed by atoms with Gasteiger partial charge in [0, 0.05) is 11.8 Å². The van der Waals surface area contributed by atoms with Crippen LogP contribution in [-0.2, 0) is 0 Å². The van der Waals surface area contributed by atoms with Crippen LogP contribution >= 0.6 is 22.7 Å². The second-order valence-corrected chi connectivity index (χ2v) is 8.98. The van der Waals surface area contributed by atoms with E-state index in [2.05, 4.69) is 81.0 Å². The highest BCUT2D eigenvalue weighted by Crippen LogP contribution is 2.28. The topological polar surface area (TPSA) is 25.8 Å². The van der Waals surface area contributed by atoms with Gasteiger partial charge in [0.1, 0.15) is 0 Å². The third-order valence-corrected chi connectivity index (χ3v) is 6.51. The van der Waals surface area contributed by atoms with Gasteiger partial charge in [0.25, 0.3) is 0 Å². The van der Waals surface area contributed by atoms with Crippen molar-refractivity contribution in [1.82, 2.24) is 9.97 Å². The molecular weight excluding hydrogens is 344 g/mol. The maximum Gasteiger partial charge on any atom is 0.0963 e. The molecule has 0 unspecified atom stereocenters. The Morgan fingerprint density at radius 3 is 1.88 bits per heavy atom. The summed E-state index contributed by atoms with van der Waals surface area (Å²) in [6.07, 6.45) is 0. The van der Waals surface area contributed by atoms with Gasteiger partial charge in [-0.05, 0) is 36.8 Å². The molecule has 2 heterocycles. The third kappa shape index (κ3) is 4.25. The average Bonchev–Trinajstić information content (AvgIpc) is 3.18. The first kappa shape index (κ1) is 18.0. The Morgan fingerprint density at radius 1 is 0.720 bits per heavy atom. The lowest BCUT2D eigenvalue weighted by molar-refractivity contribution is 0.857. The van der Waals surface area contributed by atoms with Crippen molar-refractivity contribution in [2.75, 3.05) is 0 Å². The van der Waals surface area contributed by atoms with E-state index < -0.39 is 0 Å². The van der Waals surface area contributed by atoms with Gasteiger partial charge in [-0.15, -0.1) is 22.7 Å². The Kier molecular flexibility index (Phi) is 5.50. The molecule has 0 aliphatic carbocycles. The largest absolute Gasteiger partial charge is 0.241 e. The summed E-state index contributed by atoms with van der Waals surface area (Å²) in [7, 11) is 0. The summed E-state index contributed by atoms with van der Waals surface area (Å²) in [6.45, 7) is 10.8. The normalized spacial score (nSPS) is 11.3. The number of nitrogens with zero attached hydrogens (tertiary/aromatic N) is 2. The molecule has 0 saturated carbocycles. The van der Waals surface area contributed by atoms with Gasteiger partial charge in [0.05, 0.1) is 30.4 Å². The van der Waals surface area contributed by atoms with Crippen LogP contribution in [-0.4, -0.2) is 9.97 Å². The first-order valence-corrected chi connectivity index (χ1v) is 10.3. The number of para-hydroxylation sites is 1. The van der Waals surface area contributed by atoms with E-state index in [-0.39, 0.29) is 0 Å². The van der Waals surface area contributed by atoms with Gasteiger partial charge in [0.2, 0.25) is 0 Å². The maximum atomic E-state index is 4.57. The summed E-state index contributed by atoms with van der Waals surface area (Å²) in [4.78, 5) is 9.10. The van der Waals surface area contributed by atoms with E-state index in [1.807, 2.05) is 17.4 Å². The van der Waals surface area contributed by atoms with Gasteiger partial charge in [-0.3, -0.25) is 0 Å². The molecule has 0 radical (unpaired) electrons. The van der Waals surface area contributed by atoms with Gasteiger partial charge in [-0.25, -0.2) is 9.97 Å². The molecule has 0 spiro atoms.